The zero-order chi connectivity index (χ0) is 32.3. The molecule has 0 aliphatic rings. The molecule has 2 heterocycles. The van der Waals surface area contributed by atoms with Crippen molar-refractivity contribution >= 4 is 81.1 Å². The maximum absolute atomic E-state index is 2.37. The van der Waals surface area contributed by atoms with E-state index in [1.54, 1.807) is 0 Å². The maximum Gasteiger partial charge on any atom is 0.0542 e. The van der Waals surface area contributed by atoms with Crippen LogP contribution in [0.5, 0.6) is 0 Å². The van der Waals surface area contributed by atoms with Crippen LogP contribution in [-0.4, -0.2) is 4.57 Å². The van der Waals surface area contributed by atoms with E-state index in [9.17, 15) is 0 Å². The molecule has 0 aliphatic carbocycles. The van der Waals surface area contributed by atoms with Crippen LogP contribution in [0, 0.1) is 0 Å². The molecule has 0 fully saturated rings. The van der Waals surface area contributed by atoms with E-state index in [4.69, 9.17) is 0 Å². The first kappa shape index (κ1) is 27.9. The second kappa shape index (κ2) is 11.2. The fourth-order valence-corrected chi connectivity index (χ4v) is 8.81. The number of para-hydroxylation sites is 3. The van der Waals surface area contributed by atoms with E-state index in [1.165, 1.54) is 69.6 Å². The predicted octanol–water partition coefficient (Wildman–Crippen LogP) is 13.4. The van der Waals surface area contributed by atoms with Gasteiger partial charge in [-0.3, -0.25) is 0 Å². The largest absolute Gasteiger partial charge is 0.310 e. The van der Waals surface area contributed by atoms with Crippen LogP contribution < -0.4 is 4.90 Å². The van der Waals surface area contributed by atoms with Crippen molar-refractivity contribution in [1.29, 1.82) is 0 Å². The highest BCUT2D eigenvalue weighted by molar-refractivity contribution is 7.26. The molecule has 0 unspecified atom stereocenters. The number of rotatable bonds is 5. The molecule has 0 amide bonds. The van der Waals surface area contributed by atoms with Crippen molar-refractivity contribution in [2.75, 3.05) is 4.90 Å². The summed E-state index contributed by atoms with van der Waals surface area (Å²) in [4.78, 5) is 2.37. The summed E-state index contributed by atoms with van der Waals surface area (Å²) in [5, 5.41) is 7.75. The van der Waals surface area contributed by atoms with E-state index >= 15 is 0 Å². The van der Waals surface area contributed by atoms with Crippen molar-refractivity contribution in [2.45, 2.75) is 0 Å². The van der Waals surface area contributed by atoms with E-state index in [0.29, 0.717) is 0 Å². The first-order valence-electron chi connectivity index (χ1n) is 16.7. The number of aromatic nitrogens is 1. The third-order valence-electron chi connectivity index (χ3n) is 9.75. The third-order valence-corrected chi connectivity index (χ3v) is 11.0. The van der Waals surface area contributed by atoms with E-state index < -0.39 is 0 Å². The first-order chi connectivity index (χ1) is 24.3. The molecular formula is C46H30N2S. The molecule has 3 heteroatoms. The number of anilines is 3. The van der Waals surface area contributed by atoms with Gasteiger partial charge in [0.15, 0.2) is 0 Å². The van der Waals surface area contributed by atoms with E-state index in [0.717, 1.165) is 17.1 Å². The van der Waals surface area contributed by atoms with Gasteiger partial charge in [0.2, 0.25) is 0 Å². The van der Waals surface area contributed by atoms with Crippen LogP contribution in [0.2, 0.25) is 0 Å². The van der Waals surface area contributed by atoms with Gasteiger partial charge in [-0.1, -0.05) is 109 Å². The minimum atomic E-state index is 1.12. The van der Waals surface area contributed by atoms with E-state index in [1.807, 2.05) is 11.3 Å². The summed E-state index contributed by atoms with van der Waals surface area (Å²) in [5.74, 6) is 0. The minimum Gasteiger partial charge on any atom is -0.310 e. The van der Waals surface area contributed by atoms with Gasteiger partial charge >= 0.3 is 0 Å². The molecule has 0 aliphatic heterocycles. The van der Waals surface area contributed by atoms with Crippen LogP contribution in [-0.2, 0) is 0 Å². The summed E-state index contributed by atoms with van der Waals surface area (Å²) in [6.07, 6.45) is 0. The van der Waals surface area contributed by atoms with Crippen molar-refractivity contribution in [3.8, 4) is 16.8 Å². The molecule has 0 saturated carbocycles. The summed E-state index contributed by atoms with van der Waals surface area (Å²) < 4.78 is 5.04. The van der Waals surface area contributed by atoms with Crippen LogP contribution >= 0.6 is 11.3 Å². The Bertz CT molecular complexity index is 2810. The fourth-order valence-electron chi connectivity index (χ4n) is 7.56. The lowest BCUT2D eigenvalue weighted by Gasteiger charge is -2.26. The molecule has 8 aromatic carbocycles. The highest BCUT2D eigenvalue weighted by atomic mass is 32.1. The summed E-state index contributed by atoms with van der Waals surface area (Å²) in [5.41, 5.74) is 9.44. The van der Waals surface area contributed by atoms with Gasteiger partial charge in [0, 0.05) is 59.3 Å². The number of fused-ring (bicyclic) bond motifs is 8. The molecule has 10 aromatic rings. The molecule has 10 rings (SSSR count). The zero-order valence-electron chi connectivity index (χ0n) is 26.6. The van der Waals surface area contributed by atoms with Crippen LogP contribution in [0.4, 0.5) is 17.1 Å². The normalized spacial score (nSPS) is 11.7. The molecule has 0 radical (unpaired) electrons. The quantitative estimate of drug-likeness (QED) is 0.181. The number of hydrogen-bond acceptors (Lipinski definition) is 2. The molecule has 2 aromatic heterocycles. The summed E-state index contributed by atoms with van der Waals surface area (Å²) >= 11 is 1.89. The highest BCUT2D eigenvalue weighted by Crippen LogP contribution is 2.45. The predicted molar refractivity (Wildman–Crippen MR) is 211 cm³/mol. The molecule has 0 atom stereocenters. The first-order valence-corrected chi connectivity index (χ1v) is 17.5. The van der Waals surface area contributed by atoms with Crippen LogP contribution in [0.1, 0.15) is 0 Å². The van der Waals surface area contributed by atoms with Gasteiger partial charge in [-0.25, -0.2) is 0 Å². The molecule has 0 saturated heterocycles. The smallest absolute Gasteiger partial charge is 0.0542 e. The van der Waals surface area contributed by atoms with Gasteiger partial charge in [-0.15, -0.1) is 11.3 Å². The zero-order valence-corrected chi connectivity index (χ0v) is 27.4. The van der Waals surface area contributed by atoms with Crippen LogP contribution in [0.15, 0.2) is 182 Å². The number of thiophene rings is 1. The second-order valence-corrected chi connectivity index (χ2v) is 13.6. The molecule has 0 bridgehead atoms. The number of nitrogens with zero attached hydrogens (tertiary/aromatic N) is 2. The fraction of sp³-hybridized carbons (Fsp3) is 0. The van der Waals surface area contributed by atoms with Gasteiger partial charge in [0.05, 0.1) is 11.0 Å². The molecule has 2 nitrogen and oxygen atoms in total. The average molecular weight is 643 g/mol. The van der Waals surface area contributed by atoms with Gasteiger partial charge in [-0.2, -0.15) is 0 Å². The van der Waals surface area contributed by atoms with Crippen LogP contribution in [0.25, 0.3) is 69.6 Å². The Morgan fingerprint density at radius 3 is 1.86 bits per heavy atom. The number of benzene rings is 8. The third kappa shape index (κ3) is 4.47. The Labute approximate surface area is 288 Å². The molecule has 0 N–H and O–H groups in total. The Hall–Kier alpha value is -6.16. The Morgan fingerprint density at radius 2 is 1.04 bits per heavy atom. The van der Waals surface area contributed by atoms with Crippen molar-refractivity contribution in [3.05, 3.63) is 182 Å². The standard InChI is InChI=1S/C46H30N2S/c1-3-14-33(15-4-1)47(36-27-28-43-41(30-36)38-19-9-11-21-42(38)48(43)34-16-5-2-6-17-34)35-25-23-31(24-26-35)40-29-32-13-7-8-18-37(32)45-39-20-10-12-22-44(39)49-46(40)45/h1-30H. The summed E-state index contributed by atoms with van der Waals surface area (Å²) in [6, 6.07) is 66.0. The van der Waals surface area contributed by atoms with Crippen molar-refractivity contribution < 1.29 is 0 Å². The average Bonchev–Trinajstić information content (AvgIpc) is 3.72. The summed E-state index contributed by atoms with van der Waals surface area (Å²) in [7, 11) is 0. The lowest BCUT2D eigenvalue weighted by Crippen LogP contribution is -2.09. The molecule has 0 spiro atoms. The monoisotopic (exact) mass is 642 g/mol. The molecular weight excluding hydrogens is 613 g/mol. The van der Waals surface area contributed by atoms with Crippen molar-refractivity contribution in [1.82, 2.24) is 4.57 Å². The number of hydrogen-bond donors (Lipinski definition) is 0. The molecule has 230 valence electrons. The van der Waals surface area contributed by atoms with E-state index in [-0.39, 0.29) is 0 Å². The topological polar surface area (TPSA) is 8.17 Å². The maximum atomic E-state index is 2.37. The summed E-state index contributed by atoms with van der Waals surface area (Å²) in [6.45, 7) is 0. The Kier molecular flexibility index (Phi) is 6.39. The Balaban J connectivity index is 1.14. The highest BCUT2D eigenvalue weighted by Gasteiger charge is 2.19. The van der Waals surface area contributed by atoms with Gasteiger partial charge < -0.3 is 9.47 Å². The van der Waals surface area contributed by atoms with Gasteiger partial charge in [0.25, 0.3) is 0 Å². The lowest BCUT2D eigenvalue weighted by molar-refractivity contribution is 1.18. The second-order valence-electron chi connectivity index (χ2n) is 12.6. The molecule has 49 heavy (non-hydrogen) atoms. The van der Waals surface area contributed by atoms with Crippen molar-refractivity contribution in [3.63, 3.8) is 0 Å². The lowest BCUT2D eigenvalue weighted by atomic mass is 9.96. The van der Waals surface area contributed by atoms with E-state index in [2.05, 4.69) is 191 Å². The minimum absolute atomic E-state index is 1.12. The Morgan fingerprint density at radius 1 is 0.429 bits per heavy atom. The van der Waals surface area contributed by atoms with Gasteiger partial charge in [-0.05, 0) is 89.1 Å². The van der Waals surface area contributed by atoms with Crippen LogP contribution in [0.3, 0.4) is 0 Å². The van der Waals surface area contributed by atoms with Gasteiger partial charge in [0.1, 0.15) is 0 Å². The SMILES string of the molecule is c1ccc(N(c2ccc(-c3cc4ccccc4c4c3sc3ccccc34)cc2)c2ccc3c(c2)c2ccccc2n3-c2ccccc2)cc1. The van der Waals surface area contributed by atoms with Crippen molar-refractivity contribution in [2.24, 2.45) is 0 Å².